The molecule has 0 saturated carbocycles. The second kappa shape index (κ2) is 7.71. The number of fused-ring (bicyclic) bond motifs is 1. The molecule has 1 aliphatic carbocycles. The number of nitrogens with zero attached hydrogens (tertiary/aromatic N) is 1. The minimum absolute atomic E-state index is 0.00898. The van der Waals surface area contributed by atoms with Crippen molar-refractivity contribution < 1.29 is 9.53 Å². The number of nitrogens with one attached hydrogen (secondary N) is 1. The van der Waals surface area contributed by atoms with Gasteiger partial charge in [0.1, 0.15) is 11.9 Å². The Morgan fingerprint density at radius 1 is 1.26 bits per heavy atom. The molecular formula is C22H27N3O2. The van der Waals surface area contributed by atoms with Crippen LogP contribution in [-0.4, -0.2) is 36.5 Å². The molecule has 3 atom stereocenters. The van der Waals surface area contributed by atoms with Crippen molar-refractivity contribution >= 4 is 11.6 Å². The maximum Gasteiger partial charge on any atom is 0.221 e. The molecule has 0 radical (unpaired) electrons. The highest BCUT2D eigenvalue weighted by Crippen LogP contribution is 2.39. The molecule has 5 heteroatoms. The van der Waals surface area contributed by atoms with Gasteiger partial charge in [-0.15, -0.1) is 0 Å². The third kappa shape index (κ3) is 3.84. The van der Waals surface area contributed by atoms with Crippen LogP contribution in [0.2, 0.25) is 0 Å². The number of amides is 1. The Bertz CT molecular complexity index is 823. The van der Waals surface area contributed by atoms with Gasteiger partial charge in [0, 0.05) is 25.2 Å². The fraction of sp³-hybridized carbons (Fsp3) is 0.409. The standard InChI is InChI=1S/C22H27N3O2/c1-15(26)24-18-6-4-7-19(12-18)27-22-20-8-3-2-5-17(20)11-21(22)25-10-9-16(13-23)14-25/h2-8,12,16,21-22H,9-11,13-14,23H2,1H3,(H,24,26). The largest absolute Gasteiger partial charge is 0.484 e. The van der Waals surface area contributed by atoms with E-state index in [0.29, 0.717) is 12.0 Å². The van der Waals surface area contributed by atoms with E-state index >= 15 is 0 Å². The number of carbonyl (C=O) groups is 1. The van der Waals surface area contributed by atoms with Crippen LogP contribution >= 0.6 is 0 Å². The summed E-state index contributed by atoms with van der Waals surface area (Å²) in [5, 5.41) is 2.83. The summed E-state index contributed by atoms with van der Waals surface area (Å²) in [6.07, 6.45) is 2.16. The van der Waals surface area contributed by atoms with Gasteiger partial charge in [-0.3, -0.25) is 9.69 Å². The zero-order valence-corrected chi connectivity index (χ0v) is 15.7. The first-order valence-electron chi connectivity index (χ1n) is 9.70. The number of hydrogen-bond acceptors (Lipinski definition) is 4. The molecule has 3 N–H and O–H groups in total. The first kappa shape index (κ1) is 18.0. The summed E-state index contributed by atoms with van der Waals surface area (Å²) in [5.74, 6) is 1.28. The van der Waals surface area contributed by atoms with Gasteiger partial charge >= 0.3 is 0 Å². The van der Waals surface area contributed by atoms with Crippen LogP contribution in [0.3, 0.4) is 0 Å². The lowest BCUT2D eigenvalue weighted by molar-refractivity contribution is -0.114. The van der Waals surface area contributed by atoms with Crippen LogP contribution in [-0.2, 0) is 11.2 Å². The van der Waals surface area contributed by atoms with Gasteiger partial charge in [-0.1, -0.05) is 30.3 Å². The Hall–Kier alpha value is -2.37. The molecule has 1 fully saturated rings. The zero-order chi connectivity index (χ0) is 18.8. The van der Waals surface area contributed by atoms with Crippen LogP contribution in [0.15, 0.2) is 48.5 Å². The third-order valence-electron chi connectivity index (χ3n) is 5.68. The molecular weight excluding hydrogens is 338 g/mol. The molecule has 2 aromatic rings. The van der Waals surface area contributed by atoms with E-state index in [2.05, 4.69) is 34.5 Å². The number of carbonyl (C=O) groups excluding carboxylic acids is 1. The average Bonchev–Trinajstić information content (AvgIpc) is 3.26. The van der Waals surface area contributed by atoms with Gasteiger partial charge in [0.2, 0.25) is 5.91 Å². The predicted octanol–water partition coefficient (Wildman–Crippen LogP) is 2.97. The monoisotopic (exact) mass is 365 g/mol. The zero-order valence-electron chi connectivity index (χ0n) is 15.7. The summed E-state index contributed by atoms with van der Waals surface area (Å²) in [6, 6.07) is 16.5. The molecule has 2 aliphatic rings. The lowest BCUT2D eigenvalue weighted by Crippen LogP contribution is -2.39. The summed E-state index contributed by atoms with van der Waals surface area (Å²) in [6.45, 7) is 4.38. The Morgan fingerprint density at radius 2 is 2.11 bits per heavy atom. The van der Waals surface area contributed by atoms with Gasteiger partial charge in [0.15, 0.2) is 0 Å². The summed E-state index contributed by atoms with van der Waals surface area (Å²) < 4.78 is 6.49. The molecule has 0 spiro atoms. The molecule has 3 unspecified atom stereocenters. The molecule has 5 nitrogen and oxygen atoms in total. The van der Waals surface area contributed by atoms with Crippen LogP contribution in [0.5, 0.6) is 5.75 Å². The average molecular weight is 365 g/mol. The Kier molecular flexibility index (Phi) is 5.14. The lowest BCUT2D eigenvalue weighted by atomic mass is 10.1. The van der Waals surface area contributed by atoms with E-state index in [1.807, 2.05) is 24.3 Å². The van der Waals surface area contributed by atoms with Crippen LogP contribution in [0, 0.1) is 5.92 Å². The lowest BCUT2D eigenvalue weighted by Gasteiger charge is -2.30. The minimum atomic E-state index is -0.0823. The van der Waals surface area contributed by atoms with Crippen molar-refractivity contribution in [2.24, 2.45) is 11.7 Å². The summed E-state index contributed by atoms with van der Waals surface area (Å²) in [4.78, 5) is 13.9. The van der Waals surface area contributed by atoms with E-state index in [1.165, 1.54) is 18.1 Å². The Morgan fingerprint density at radius 3 is 2.89 bits per heavy atom. The molecule has 1 saturated heterocycles. The molecule has 1 amide bonds. The van der Waals surface area contributed by atoms with Gasteiger partial charge in [-0.25, -0.2) is 0 Å². The topological polar surface area (TPSA) is 67.6 Å². The Labute approximate surface area is 160 Å². The van der Waals surface area contributed by atoms with E-state index in [-0.39, 0.29) is 12.0 Å². The van der Waals surface area contributed by atoms with Gasteiger partial charge in [-0.2, -0.15) is 0 Å². The van der Waals surface area contributed by atoms with Gasteiger partial charge in [-0.05, 0) is 55.1 Å². The number of rotatable bonds is 5. The van der Waals surface area contributed by atoms with E-state index in [0.717, 1.165) is 43.9 Å². The molecule has 1 aliphatic heterocycles. The molecule has 27 heavy (non-hydrogen) atoms. The fourth-order valence-corrected chi connectivity index (χ4v) is 4.35. The second-order valence-corrected chi connectivity index (χ2v) is 7.60. The predicted molar refractivity (Wildman–Crippen MR) is 107 cm³/mol. The first-order chi connectivity index (χ1) is 13.1. The third-order valence-corrected chi connectivity index (χ3v) is 5.68. The number of anilines is 1. The second-order valence-electron chi connectivity index (χ2n) is 7.60. The highest BCUT2D eigenvalue weighted by atomic mass is 16.5. The van der Waals surface area contributed by atoms with Gasteiger partial charge < -0.3 is 15.8 Å². The van der Waals surface area contributed by atoms with Crippen LogP contribution in [0.4, 0.5) is 5.69 Å². The van der Waals surface area contributed by atoms with Crippen molar-refractivity contribution in [2.45, 2.75) is 31.9 Å². The SMILES string of the molecule is CC(=O)Nc1cccc(OC2c3ccccc3CC2N2CCC(CN)C2)c1. The van der Waals surface area contributed by atoms with Crippen LogP contribution in [0.1, 0.15) is 30.6 Å². The highest BCUT2D eigenvalue weighted by molar-refractivity contribution is 5.88. The van der Waals surface area contributed by atoms with Gasteiger partial charge in [0.05, 0.1) is 6.04 Å². The number of likely N-dealkylation sites (tertiary alicyclic amines) is 1. The molecule has 0 aromatic heterocycles. The summed E-state index contributed by atoms with van der Waals surface area (Å²) >= 11 is 0. The smallest absolute Gasteiger partial charge is 0.221 e. The van der Waals surface area contributed by atoms with Gasteiger partial charge in [0.25, 0.3) is 0 Å². The Balaban J connectivity index is 1.58. The minimum Gasteiger partial charge on any atom is -0.484 e. The van der Waals surface area contributed by atoms with Crippen molar-refractivity contribution in [3.05, 3.63) is 59.7 Å². The summed E-state index contributed by atoms with van der Waals surface area (Å²) in [5.41, 5.74) is 9.29. The molecule has 1 heterocycles. The van der Waals surface area contributed by atoms with E-state index < -0.39 is 0 Å². The normalized spacial score (nSPS) is 24.6. The first-order valence-corrected chi connectivity index (χ1v) is 9.70. The van der Waals surface area contributed by atoms with Crippen LogP contribution in [0.25, 0.3) is 0 Å². The van der Waals surface area contributed by atoms with Crippen molar-refractivity contribution in [3.8, 4) is 5.75 Å². The van der Waals surface area contributed by atoms with E-state index in [9.17, 15) is 4.79 Å². The highest BCUT2D eigenvalue weighted by Gasteiger charge is 2.40. The number of nitrogens with two attached hydrogens (primary N) is 1. The van der Waals surface area contributed by atoms with Crippen LogP contribution < -0.4 is 15.8 Å². The fourth-order valence-electron chi connectivity index (χ4n) is 4.35. The van der Waals surface area contributed by atoms with Crippen molar-refractivity contribution in [2.75, 3.05) is 25.0 Å². The van der Waals surface area contributed by atoms with Crippen molar-refractivity contribution in [1.82, 2.24) is 4.90 Å². The number of hydrogen-bond donors (Lipinski definition) is 2. The number of ether oxygens (including phenoxy) is 1. The molecule has 142 valence electrons. The van der Waals surface area contributed by atoms with E-state index in [4.69, 9.17) is 10.5 Å². The quantitative estimate of drug-likeness (QED) is 0.855. The maximum absolute atomic E-state index is 11.3. The molecule has 0 bridgehead atoms. The van der Waals surface area contributed by atoms with E-state index in [1.54, 1.807) is 0 Å². The molecule has 2 aromatic carbocycles. The van der Waals surface area contributed by atoms with Crippen molar-refractivity contribution in [3.63, 3.8) is 0 Å². The van der Waals surface area contributed by atoms with Crippen molar-refractivity contribution in [1.29, 1.82) is 0 Å². The number of benzene rings is 2. The summed E-state index contributed by atoms with van der Waals surface area (Å²) in [7, 11) is 0. The maximum atomic E-state index is 11.3. The molecule has 4 rings (SSSR count).